The quantitative estimate of drug-likeness (QED) is 0.653. The first-order valence-corrected chi connectivity index (χ1v) is 7.75. The number of hydrogen-bond acceptors (Lipinski definition) is 5. The van der Waals surface area contributed by atoms with Gasteiger partial charge < -0.3 is 0 Å². The number of nitrogens with zero attached hydrogens (tertiary/aromatic N) is 2. The molecule has 1 N–H and O–H groups in total. The van der Waals surface area contributed by atoms with E-state index in [-0.39, 0.29) is 11.3 Å². The Balaban J connectivity index is 2.27. The third-order valence-corrected chi connectivity index (χ3v) is 4.47. The van der Waals surface area contributed by atoms with E-state index in [4.69, 9.17) is 0 Å². The number of halogens is 1. The van der Waals surface area contributed by atoms with Gasteiger partial charge in [0, 0.05) is 21.5 Å². The van der Waals surface area contributed by atoms with E-state index in [9.17, 15) is 14.9 Å². The molecule has 0 unspecified atom stereocenters. The van der Waals surface area contributed by atoms with Crippen LogP contribution in [-0.4, -0.2) is 15.8 Å². The van der Waals surface area contributed by atoms with Crippen LogP contribution in [0, 0.1) is 17.0 Å². The van der Waals surface area contributed by atoms with Gasteiger partial charge in [-0.25, -0.2) is 4.98 Å². The van der Waals surface area contributed by atoms with Crippen molar-refractivity contribution in [1.29, 1.82) is 0 Å². The molecule has 0 saturated heterocycles. The summed E-state index contributed by atoms with van der Waals surface area (Å²) in [6.45, 7) is 3.93. The summed E-state index contributed by atoms with van der Waals surface area (Å²) < 4.78 is 0.495. The van der Waals surface area contributed by atoms with Gasteiger partial charge in [0.15, 0.2) is 5.13 Å². The third kappa shape index (κ3) is 3.45. The Bertz CT molecular complexity index is 715. The summed E-state index contributed by atoms with van der Waals surface area (Å²) in [7, 11) is 0. The van der Waals surface area contributed by atoms with Crippen LogP contribution < -0.4 is 5.32 Å². The fraction of sp³-hybridized carbons (Fsp3) is 0.231. The topological polar surface area (TPSA) is 85.1 Å². The number of carbonyl (C=O) groups excluding carboxylic acids is 1. The molecule has 0 fully saturated rings. The fourth-order valence-electron chi connectivity index (χ4n) is 1.77. The van der Waals surface area contributed by atoms with Gasteiger partial charge in [0.2, 0.25) is 0 Å². The van der Waals surface area contributed by atoms with Crippen LogP contribution in [0.15, 0.2) is 22.7 Å². The molecule has 6 nitrogen and oxygen atoms in total. The number of aromatic nitrogens is 1. The Morgan fingerprint density at radius 3 is 2.81 bits per heavy atom. The number of rotatable bonds is 4. The van der Waals surface area contributed by atoms with Crippen molar-refractivity contribution in [3.05, 3.63) is 48.9 Å². The first-order valence-electron chi connectivity index (χ1n) is 6.14. The molecule has 1 heterocycles. The molecule has 0 aliphatic heterocycles. The molecule has 0 radical (unpaired) electrons. The molecule has 1 amide bonds. The summed E-state index contributed by atoms with van der Waals surface area (Å²) in [6, 6.07) is 4.06. The van der Waals surface area contributed by atoms with E-state index in [1.165, 1.54) is 29.5 Å². The second kappa shape index (κ2) is 6.31. The Labute approximate surface area is 133 Å². The van der Waals surface area contributed by atoms with Crippen molar-refractivity contribution in [2.75, 3.05) is 5.32 Å². The second-order valence-corrected chi connectivity index (χ2v) is 6.31. The van der Waals surface area contributed by atoms with Gasteiger partial charge in [0.25, 0.3) is 11.6 Å². The molecule has 21 heavy (non-hydrogen) atoms. The molecule has 110 valence electrons. The average Bonchev–Trinajstić information content (AvgIpc) is 2.78. The van der Waals surface area contributed by atoms with Gasteiger partial charge in [-0.05, 0) is 35.3 Å². The molecular formula is C13H12BrN3O3S. The number of non-ortho nitro benzene ring substituents is 1. The maximum Gasteiger partial charge on any atom is 0.270 e. The Morgan fingerprint density at radius 2 is 2.24 bits per heavy atom. The van der Waals surface area contributed by atoms with E-state index >= 15 is 0 Å². The molecular weight excluding hydrogens is 358 g/mol. The minimum absolute atomic E-state index is 0.132. The summed E-state index contributed by atoms with van der Waals surface area (Å²) in [5.41, 5.74) is 1.01. The molecule has 0 atom stereocenters. The van der Waals surface area contributed by atoms with Crippen molar-refractivity contribution in [2.24, 2.45) is 0 Å². The number of nitro benzene ring substituents is 1. The number of aryl methyl sites for hydroxylation is 2. The number of nitrogens with one attached hydrogen (secondary N) is 1. The van der Waals surface area contributed by atoms with E-state index in [1.807, 2.05) is 13.8 Å². The Morgan fingerprint density at radius 1 is 1.52 bits per heavy atom. The third-order valence-electron chi connectivity index (χ3n) is 2.85. The predicted molar refractivity (Wildman–Crippen MR) is 85.0 cm³/mol. The van der Waals surface area contributed by atoms with Crippen molar-refractivity contribution in [1.82, 2.24) is 4.98 Å². The van der Waals surface area contributed by atoms with Crippen LogP contribution in [0.5, 0.6) is 0 Å². The zero-order valence-corrected chi connectivity index (χ0v) is 13.7. The summed E-state index contributed by atoms with van der Waals surface area (Å²) in [5, 5.41) is 14.0. The molecule has 2 aromatic rings. The molecule has 0 saturated carbocycles. The summed E-state index contributed by atoms with van der Waals surface area (Å²) in [4.78, 5) is 27.8. The lowest BCUT2D eigenvalue weighted by atomic mass is 10.2. The van der Waals surface area contributed by atoms with E-state index < -0.39 is 10.8 Å². The molecule has 0 spiro atoms. The zero-order valence-electron chi connectivity index (χ0n) is 11.3. The van der Waals surface area contributed by atoms with E-state index in [1.54, 1.807) is 0 Å². The van der Waals surface area contributed by atoms with Crippen LogP contribution in [0.25, 0.3) is 0 Å². The zero-order chi connectivity index (χ0) is 15.6. The normalized spacial score (nSPS) is 10.4. The van der Waals surface area contributed by atoms with Gasteiger partial charge in [0.05, 0.1) is 16.2 Å². The number of carbonyl (C=O) groups is 1. The molecule has 0 aliphatic carbocycles. The van der Waals surface area contributed by atoms with Crippen LogP contribution in [-0.2, 0) is 6.42 Å². The van der Waals surface area contributed by atoms with Gasteiger partial charge in [-0.2, -0.15) is 0 Å². The number of anilines is 1. The highest BCUT2D eigenvalue weighted by atomic mass is 79.9. The van der Waals surface area contributed by atoms with Crippen LogP contribution in [0.4, 0.5) is 10.8 Å². The Hall–Kier alpha value is -1.80. The maximum absolute atomic E-state index is 12.2. The van der Waals surface area contributed by atoms with Gasteiger partial charge in [0.1, 0.15) is 0 Å². The number of thiazole rings is 1. The lowest BCUT2D eigenvalue weighted by Crippen LogP contribution is -2.12. The fourth-order valence-corrected chi connectivity index (χ4v) is 3.10. The van der Waals surface area contributed by atoms with Gasteiger partial charge in [-0.1, -0.05) is 6.92 Å². The second-order valence-electron chi connectivity index (χ2n) is 4.25. The van der Waals surface area contributed by atoms with Crippen molar-refractivity contribution in [3.8, 4) is 0 Å². The molecule has 0 bridgehead atoms. The van der Waals surface area contributed by atoms with Gasteiger partial charge in [-0.15, -0.1) is 11.3 Å². The predicted octanol–water partition coefficient (Wildman–Crippen LogP) is 3.94. The number of hydrogen-bond donors (Lipinski definition) is 1. The number of benzene rings is 1. The van der Waals surface area contributed by atoms with E-state index in [0.717, 1.165) is 17.0 Å². The summed E-state index contributed by atoms with van der Waals surface area (Å²) in [5.74, 6) is -0.429. The highest BCUT2D eigenvalue weighted by Gasteiger charge is 2.17. The monoisotopic (exact) mass is 369 g/mol. The summed E-state index contributed by atoms with van der Waals surface area (Å²) in [6.07, 6.45) is 0.790. The van der Waals surface area contributed by atoms with Crippen molar-refractivity contribution in [3.63, 3.8) is 0 Å². The molecule has 2 rings (SSSR count). The van der Waals surface area contributed by atoms with Crippen LogP contribution in [0.3, 0.4) is 0 Å². The SMILES string of the molecule is CCc1nc(NC(=O)c2cc([N+](=O)[O-])ccc2Br)sc1C. The van der Waals surface area contributed by atoms with Crippen molar-refractivity contribution in [2.45, 2.75) is 20.3 Å². The summed E-state index contributed by atoms with van der Waals surface area (Å²) >= 11 is 4.61. The lowest BCUT2D eigenvalue weighted by molar-refractivity contribution is -0.384. The molecule has 8 heteroatoms. The van der Waals surface area contributed by atoms with Gasteiger partial charge in [-0.3, -0.25) is 20.2 Å². The smallest absolute Gasteiger partial charge is 0.270 e. The minimum Gasteiger partial charge on any atom is -0.298 e. The van der Waals surface area contributed by atoms with E-state index in [2.05, 4.69) is 26.2 Å². The Kier molecular flexibility index (Phi) is 4.69. The number of nitro groups is 1. The van der Waals surface area contributed by atoms with Crippen LogP contribution >= 0.6 is 27.3 Å². The maximum atomic E-state index is 12.2. The molecule has 1 aromatic carbocycles. The van der Waals surface area contributed by atoms with Crippen LogP contribution in [0.2, 0.25) is 0 Å². The molecule has 0 aliphatic rings. The standard InChI is InChI=1S/C13H12BrN3O3S/c1-3-11-7(2)21-13(15-11)16-12(18)9-6-8(17(19)20)4-5-10(9)14/h4-6H,3H2,1-2H3,(H,15,16,18). The highest BCUT2D eigenvalue weighted by molar-refractivity contribution is 9.10. The van der Waals surface area contributed by atoms with Gasteiger partial charge >= 0.3 is 0 Å². The number of amides is 1. The van der Waals surface area contributed by atoms with Crippen molar-refractivity contribution < 1.29 is 9.72 Å². The highest BCUT2D eigenvalue weighted by Crippen LogP contribution is 2.26. The lowest BCUT2D eigenvalue weighted by Gasteiger charge is -2.04. The molecule has 1 aromatic heterocycles. The largest absolute Gasteiger partial charge is 0.298 e. The first kappa shape index (κ1) is 15.6. The minimum atomic E-state index is -0.536. The van der Waals surface area contributed by atoms with Crippen molar-refractivity contribution >= 4 is 44.0 Å². The van der Waals surface area contributed by atoms with E-state index in [0.29, 0.717) is 9.60 Å². The first-order chi connectivity index (χ1) is 9.92. The van der Waals surface area contributed by atoms with Crippen LogP contribution in [0.1, 0.15) is 27.9 Å². The average molecular weight is 370 g/mol.